The zero-order valence-corrected chi connectivity index (χ0v) is 12.6. The average Bonchev–Trinajstić information content (AvgIpc) is 2.40. The molecule has 21 heavy (non-hydrogen) atoms. The number of hydrogen-bond donors (Lipinski definition) is 1. The molecule has 0 heterocycles. The minimum Gasteiger partial charge on any atom is -0.380 e. The van der Waals surface area contributed by atoms with Crippen molar-refractivity contribution in [3.05, 3.63) is 63.4 Å². The van der Waals surface area contributed by atoms with Gasteiger partial charge >= 0.3 is 6.18 Å². The highest BCUT2D eigenvalue weighted by Crippen LogP contribution is 2.33. The smallest absolute Gasteiger partial charge is 0.380 e. The lowest BCUT2D eigenvalue weighted by Gasteiger charge is -2.15. The standard InChI is InChI=1S/C15H12BrF4N/c1-9-2-5-13(16)14(6-9)21-8-10-3-4-11(17)7-12(10)15(18,19)20/h2-7,21H,8H2,1H3. The summed E-state index contributed by atoms with van der Waals surface area (Å²) in [4.78, 5) is 0. The van der Waals surface area contributed by atoms with Gasteiger partial charge < -0.3 is 5.32 Å². The highest BCUT2D eigenvalue weighted by molar-refractivity contribution is 9.10. The summed E-state index contributed by atoms with van der Waals surface area (Å²) in [5, 5.41) is 2.93. The number of alkyl halides is 3. The molecule has 0 radical (unpaired) electrons. The quantitative estimate of drug-likeness (QED) is 0.709. The predicted molar refractivity (Wildman–Crippen MR) is 77.6 cm³/mol. The van der Waals surface area contributed by atoms with Gasteiger partial charge in [0.1, 0.15) is 5.82 Å². The molecule has 0 aliphatic carbocycles. The van der Waals surface area contributed by atoms with Crippen molar-refractivity contribution in [1.82, 2.24) is 0 Å². The van der Waals surface area contributed by atoms with Crippen molar-refractivity contribution < 1.29 is 17.6 Å². The molecule has 2 aromatic rings. The molecule has 0 fully saturated rings. The first-order valence-electron chi connectivity index (χ1n) is 6.13. The number of benzene rings is 2. The molecule has 0 aliphatic heterocycles. The van der Waals surface area contributed by atoms with Gasteiger partial charge in [0, 0.05) is 16.7 Å². The molecule has 0 atom stereocenters. The maximum absolute atomic E-state index is 13.0. The van der Waals surface area contributed by atoms with E-state index < -0.39 is 17.6 Å². The summed E-state index contributed by atoms with van der Waals surface area (Å²) in [6, 6.07) is 8.21. The van der Waals surface area contributed by atoms with E-state index in [2.05, 4.69) is 21.2 Å². The van der Waals surface area contributed by atoms with Crippen LogP contribution in [-0.4, -0.2) is 0 Å². The van der Waals surface area contributed by atoms with Crippen LogP contribution in [-0.2, 0) is 12.7 Å². The van der Waals surface area contributed by atoms with E-state index in [0.29, 0.717) is 11.8 Å². The summed E-state index contributed by atoms with van der Waals surface area (Å²) >= 11 is 3.33. The van der Waals surface area contributed by atoms with Crippen LogP contribution in [0.1, 0.15) is 16.7 Å². The summed E-state index contributed by atoms with van der Waals surface area (Å²) in [5.74, 6) is -0.900. The van der Waals surface area contributed by atoms with E-state index in [9.17, 15) is 17.6 Å². The molecule has 0 saturated heterocycles. The van der Waals surface area contributed by atoms with Crippen LogP contribution >= 0.6 is 15.9 Å². The Balaban J connectivity index is 2.26. The zero-order valence-electron chi connectivity index (χ0n) is 11.1. The molecule has 0 saturated carbocycles. The number of aryl methyl sites for hydroxylation is 1. The number of nitrogens with one attached hydrogen (secondary N) is 1. The van der Waals surface area contributed by atoms with Crippen LogP contribution in [0.25, 0.3) is 0 Å². The second-order valence-corrected chi connectivity index (χ2v) is 5.49. The van der Waals surface area contributed by atoms with Crippen molar-refractivity contribution in [3.8, 4) is 0 Å². The minimum atomic E-state index is -4.58. The molecule has 1 nitrogen and oxygen atoms in total. The number of hydrogen-bond acceptors (Lipinski definition) is 1. The average molecular weight is 362 g/mol. The summed E-state index contributed by atoms with van der Waals surface area (Å²) in [6.45, 7) is 1.84. The number of anilines is 1. The molecule has 0 unspecified atom stereocenters. The van der Waals surface area contributed by atoms with E-state index in [0.717, 1.165) is 22.2 Å². The van der Waals surface area contributed by atoms with E-state index in [1.165, 1.54) is 0 Å². The van der Waals surface area contributed by atoms with Gasteiger partial charge in [-0.05, 0) is 58.2 Å². The van der Waals surface area contributed by atoms with E-state index in [-0.39, 0.29) is 12.1 Å². The Bertz CT molecular complexity index is 653. The molecule has 1 N–H and O–H groups in total. The first kappa shape index (κ1) is 15.8. The van der Waals surface area contributed by atoms with E-state index in [1.54, 1.807) is 0 Å². The Morgan fingerprint density at radius 1 is 1.10 bits per heavy atom. The largest absolute Gasteiger partial charge is 0.416 e. The Labute approximate surface area is 128 Å². The van der Waals surface area contributed by atoms with Crippen molar-refractivity contribution in [3.63, 3.8) is 0 Å². The van der Waals surface area contributed by atoms with Gasteiger partial charge in [-0.15, -0.1) is 0 Å². The Kier molecular flexibility index (Phi) is 4.56. The molecule has 0 spiro atoms. The van der Waals surface area contributed by atoms with Crippen molar-refractivity contribution in [1.29, 1.82) is 0 Å². The maximum Gasteiger partial charge on any atom is 0.416 e. The lowest BCUT2D eigenvalue weighted by molar-refractivity contribution is -0.138. The highest BCUT2D eigenvalue weighted by Gasteiger charge is 2.33. The van der Waals surface area contributed by atoms with Crippen LogP contribution in [0.4, 0.5) is 23.2 Å². The van der Waals surface area contributed by atoms with Gasteiger partial charge in [0.2, 0.25) is 0 Å². The third-order valence-electron chi connectivity index (χ3n) is 2.97. The van der Waals surface area contributed by atoms with Gasteiger partial charge in [-0.25, -0.2) is 4.39 Å². The van der Waals surface area contributed by atoms with Gasteiger partial charge in [-0.2, -0.15) is 13.2 Å². The van der Waals surface area contributed by atoms with Crippen molar-refractivity contribution in [2.24, 2.45) is 0 Å². The molecule has 0 aliphatic rings. The van der Waals surface area contributed by atoms with Crippen LogP contribution in [0.5, 0.6) is 0 Å². The van der Waals surface area contributed by atoms with E-state index in [1.807, 2.05) is 25.1 Å². The Hall–Kier alpha value is -1.56. The van der Waals surface area contributed by atoms with Crippen LogP contribution < -0.4 is 5.32 Å². The monoisotopic (exact) mass is 361 g/mol. The third kappa shape index (κ3) is 3.97. The van der Waals surface area contributed by atoms with Crippen LogP contribution in [0.15, 0.2) is 40.9 Å². The number of rotatable bonds is 3. The third-order valence-corrected chi connectivity index (χ3v) is 3.66. The van der Waals surface area contributed by atoms with Crippen LogP contribution in [0.2, 0.25) is 0 Å². The van der Waals surface area contributed by atoms with Crippen molar-refractivity contribution >= 4 is 21.6 Å². The second-order valence-electron chi connectivity index (χ2n) is 4.64. The summed E-state index contributed by atoms with van der Waals surface area (Å²) in [6.07, 6.45) is -4.58. The zero-order chi connectivity index (χ0) is 15.6. The second kappa shape index (κ2) is 6.05. The van der Waals surface area contributed by atoms with Crippen molar-refractivity contribution in [2.75, 3.05) is 5.32 Å². The molecule has 6 heteroatoms. The predicted octanol–water partition coefficient (Wildman–Crippen LogP) is 5.53. The van der Waals surface area contributed by atoms with Gasteiger partial charge in [-0.1, -0.05) is 12.1 Å². The van der Waals surface area contributed by atoms with Gasteiger partial charge in [0.05, 0.1) is 5.56 Å². The topological polar surface area (TPSA) is 12.0 Å². The molecule has 0 bridgehead atoms. The maximum atomic E-state index is 13.0. The Morgan fingerprint density at radius 3 is 2.48 bits per heavy atom. The van der Waals surface area contributed by atoms with Gasteiger partial charge in [0.15, 0.2) is 0 Å². The lowest BCUT2D eigenvalue weighted by Crippen LogP contribution is -2.12. The molecule has 2 rings (SSSR count). The van der Waals surface area contributed by atoms with E-state index in [4.69, 9.17) is 0 Å². The first-order valence-corrected chi connectivity index (χ1v) is 6.92. The number of halogens is 5. The van der Waals surface area contributed by atoms with E-state index >= 15 is 0 Å². The molecular weight excluding hydrogens is 350 g/mol. The van der Waals surface area contributed by atoms with Gasteiger partial charge in [0.25, 0.3) is 0 Å². The normalized spacial score (nSPS) is 11.5. The van der Waals surface area contributed by atoms with Gasteiger partial charge in [-0.3, -0.25) is 0 Å². The fourth-order valence-electron chi connectivity index (χ4n) is 1.93. The highest BCUT2D eigenvalue weighted by atomic mass is 79.9. The molecular formula is C15H12BrF4N. The van der Waals surface area contributed by atoms with Crippen LogP contribution in [0.3, 0.4) is 0 Å². The lowest BCUT2D eigenvalue weighted by atomic mass is 10.1. The van der Waals surface area contributed by atoms with Crippen LogP contribution in [0, 0.1) is 12.7 Å². The summed E-state index contributed by atoms with van der Waals surface area (Å²) in [5.41, 5.74) is 0.708. The van der Waals surface area contributed by atoms with Crippen molar-refractivity contribution in [2.45, 2.75) is 19.6 Å². The molecule has 0 aromatic heterocycles. The fourth-order valence-corrected chi connectivity index (χ4v) is 2.32. The minimum absolute atomic E-state index is 0.00249. The molecule has 112 valence electrons. The molecule has 0 amide bonds. The summed E-state index contributed by atoms with van der Waals surface area (Å²) in [7, 11) is 0. The first-order chi connectivity index (χ1) is 9.77. The Morgan fingerprint density at radius 2 is 1.81 bits per heavy atom. The fraction of sp³-hybridized carbons (Fsp3) is 0.200. The SMILES string of the molecule is Cc1ccc(Br)c(NCc2ccc(F)cc2C(F)(F)F)c1. The summed E-state index contributed by atoms with van der Waals surface area (Å²) < 4.78 is 52.5. The molecule has 2 aromatic carbocycles.